The lowest BCUT2D eigenvalue weighted by atomic mass is 9.97. The van der Waals surface area contributed by atoms with Crippen LogP contribution < -0.4 is 5.32 Å². The second kappa shape index (κ2) is 6.21. The summed E-state index contributed by atoms with van der Waals surface area (Å²) in [6, 6.07) is 5.24. The number of nitrogens with one attached hydrogen (secondary N) is 1. The minimum absolute atomic E-state index is 0.516. The van der Waals surface area contributed by atoms with Gasteiger partial charge in [0.2, 0.25) is 0 Å². The quantitative estimate of drug-likeness (QED) is 0.946. The summed E-state index contributed by atoms with van der Waals surface area (Å²) in [6.45, 7) is 9.09. The van der Waals surface area contributed by atoms with Crippen LogP contribution in [-0.4, -0.2) is 51.7 Å². The molecule has 2 aliphatic heterocycles. The summed E-state index contributed by atoms with van der Waals surface area (Å²) in [4.78, 5) is 12.3. The maximum absolute atomic E-state index is 5.00. The van der Waals surface area contributed by atoms with Crippen molar-refractivity contribution in [1.29, 1.82) is 0 Å². The summed E-state index contributed by atoms with van der Waals surface area (Å²) < 4.78 is 2.48. The molecule has 5 heteroatoms. The Hall–Kier alpha value is -1.46. The SMILES string of the molecule is CC(C)N1CCC(n2c(C3CCNCC3)nc3cccnc32)C1. The average Bonchev–Trinajstić information content (AvgIpc) is 3.20. The third-order valence-electron chi connectivity index (χ3n) is 5.47. The zero-order valence-electron chi connectivity index (χ0n) is 14.2. The Labute approximate surface area is 138 Å². The van der Waals surface area contributed by atoms with Crippen molar-refractivity contribution in [3.63, 3.8) is 0 Å². The fourth-order valence-electron chi connectivity index (χ4n) is 4.12. The van der Waals surface area contributed by atoms with Gasteiger partial charge in [0.25, 0.3) is 0 Å². The van der Waals surface area contributed by atoms with E-state index < -0.39 is 0 Å². The Bertz CT molecular complexity index is 671. The van der Waals surface area contributed by atoms with E-state index in [-0.39, 0.29) is 0 Å². The van der Waals surface area contributed by atoms with Gasteiger partial charge in [-0.2, -0.15) is 0 Å². The molecule has 2 saturated heterocycles. The Morgan fingerprint density at radius 2 is 2.04 bits per heavy atom. The molecule has 0 spiro atoms. The molecule has 2 aromatic rings. The number of likely N-dealkylation sites (tertiary alicyclic amines) is 1. The number of hydrogen-bond acceptors (Lipinski definition) is 4. The molecule has 4 heterocycles. The van der Waals surface area contributed by atoms with E-state index in [1.807, 2.05) is 12.3 Å². The first-order valence-electron chi connectivity index (χ1n) is 9.01. The average molecular weight is 313 g/mol. The Morgan fingerprint density at radius 3 is 2.78 bits per heavy atom. The summed E-state index contributed by atoms with van der Waals surface area (Å²) >= 11 is 0. The van der Waals surface area contributed by atoms with E-state index >= 15 is 0 Å². The maximum atomic E-state index is 5.00. The van der Waals surface area contributed by atoms with Crippen LogP contribution in [0.15, 0.2) is 18.3 Å². The third-order valence-corrected chi connectivity index (χ3v) is 5.47. The second-order valence-corrected chi connectivity index (χ2v) is 7.24. The minimum atomic E-state index is 0.516. The maximum Gasteiger partial charge on any atom is 0.160 e. The van der Waals surface area contributed by atoms with Gasteiger partial charge < -0.3 is 9.88 Å². The van der Waals surface area contributed by atoms with E-state index in [0.717, 1.165) is 30.8 Å². The predicted octanol–water partition coefficient (Wildman–Crippen LogP) is 2.55. The molecule has 0 radical (unpaired) electrons. The van der Waals surface area contributed by atoms with Crippen LogP contribution in [0.5, 0.6) is 0 Å². The van der Waals surface area contributed by atoms with E-state index in [1.54, 1.807) is 0 Å². The van der Waals surface area contributed by atoms with Crippen molar-refractivity contribution in [3.05, 3.63) is 24.2 Å². The Balaban J connectivity index is 1.74. The van der Waals surface area contributed by atoms with Crippen LogP contribution in [0.3, 0.4) is 0 Å². The first-order chi connectivity index (χ1) is 11.2. The first-order valence-corrected chi connectivity index (χ1v) is 9.01. The van der Waals surface area contributed by atoms with Crippen LogP contribution >= 0.6 is 0 Å². The topological polar surface area (TPSA) is 46.0 Å². The number of fused-ring (bicyclic) bond motifs is 1. The number of imidazole rings is 1. The van der Waals surface area contributed by atoms with E-state index in [1.165, 1.54) is 31.6 Å². The molecular weight excluding hydrogens is 286 g/mol. The number of aromatic nitrogens is 3. The third kappa shape index (κ3) is 2.76. The van der Waals surface area contributed by atoms with Gasteiger partial charge >= 0.3 is 0 Å². The van der Waals surface area contributed by atoms with Gasteiger partial charge in [0.05, 0.1) is 6.04 Å². The molecule has 0 aromatic carbocycles. The van der Waals surface area contributed by atoms with Gasteiger partial charge in [-0.05, 0) is 58.3 Å². The summed E-state index contributed by atoms with van der Waals surface area (Å²) in [5.41, 5.74) is 2.14. The van der Waals surface area contributed by atoms with E-state index in [2.05, 4.69) is 39.7 Å². The Kier molecular flexibility index (Phi) is 4.07. The minimum Gasteiger partial charge on any atom is -0.317 e. The number of rotatable bonds is 3. The highest BCUT2D eigenvalue weighted by Gasteiger charge is 2.31. The smallest absolute Gasteiger partial charge is 0.160 e. The Morgan fingerprint density at radius 1 is 1.22 bits per heavy atom. The number of nitrogens with zero attached hydrogens (tertiary/aromatic N) is 4. The molecule has 4 rings (SSSR count). The molecule has 1 N–H and O–H groups in total. The summed E-state index contributed by atoms with van der Waals surface area (Å²) in [5.74, 6) is 1.84. The zero-order chi connectivity index (χ0) is 15.8. The highest BCUT2D eigenvalue weighted by molar-refractivity contribution is 5.71. The van der Waals surface area contributed by atoms with Crippen LogP contribution in [0.2, 0.25) is 0 Å². The van der Waals surface area contributed by atoms with Crippen molar-refractivity contribution in [1.82, 2.24) is 24.8 Å². The van der Waals surface area contributed by atoms with Crippen molar-refractivity contribution in [2.24, 2.45) is 0 Å². The molecular formula is C18H27N5. The number of pyridine rings is 1. The number of hydrogen-bond donors (Lipinski definition) is 1. The van der Waals surface area contributed by atoms with Gasteiger partial charge in [-0.25, -0.2) is 9.97 Å². The van der Waals surface area contributed by atoms with Crippen molar-refractivity contribution >= 4 is 11.2 Å². The fraction of sp³-hybridized carbons (Fsp3) is 0.667. The van der Waals surface area contributed by atoms with Crippen molar-refractivity contribution in [2.75, 3.05) is 26.2 Å². The van der Waals surface area contributed by atoms with Crippen LogP contribution in [0.4, 0.5) is 0 Å². The van der Waals surface area contributed by atoms with Gasteiger partial charge in [-0.1, -0.05) is 0 Å². The van der Waals surface area contributed by atoms with Gasteiger partial charge in [0, 0.05) is 31.2 Å². The summed E-state index contributed by atoms with van der Waals surface area (Å²) in [7, 11) is 0. The predicted molar refractivity (Wildman–Crippen MR) is 92.7 cm³/mol. The van der Waals surface area contributed by atoms with E-state index in [9.17, 15) is 0 Å². The van der Waals surface area contributed by atoms with Crippen LogP contribution in [0.1, 0.15) is 50.9 Å². The van der Waals surface area contributed by atoms with E-state index in [4.69, 9.17) is 4.98 Å². The van der Waals surface area contributed by atoms with Crippen molar-refractivity contribution in [2.45, 2.75) is 51.1 Å². The highest BCUT2D eigenvalue weighted by Crippen LogP contribution is 2.33. The molecule has 2 fully saturated rings. The lowest BCUT2D eigenvalue weighted by molar-refractivity contribution is 0.264. The molecule has 2 aromatic heterocycles. The standard InChI is InChI=1S/C18H27N5/c1-13(2)22-11-7-15(12-22)23-17(14-5-9-19-10-6-14)21-16-4-3-8-20-18(16)23/h3-4,8,13-15,19H,5-7,9-12H2,1-2H3. The summed E-state index contributed by atoms with van der Waals surface area (Å²) in [6.07, 6.45) is 5.48. The molecule has 5 nitrogen and oxygen atoms in total. The summed E-state index contributed by atoms with van der Waals surface area (Å²) in [5, 5.41) is 3.47. The fourth-order valence-corrected chi connectivity index (χ4v) is 4.12. The molecule has 23 heavy (non-hydrogen) atoms. The number of piperidine rings is 1. The molecule has 0 bridgehead atoms. The molecule has 124 valence electrons. The van der Waals surface area contributed by atoms with Gasteiger partial charge in [-0.3, -0.25) is 4.90 Å². The molecule has 0 aliphatic carbocycles. The lowest BCUT2D eigenvalue weighted by Crippen LogP contribution is -2.30. The lowest BCUT2D eigenvalue weighted by Gasteiger charge is -2.26. The molecule has 1 unspecified atom stereocenters. The van der Waals surface area contributed by atoms with Gasteiger partial charge in [0.15, 0.2) is 5.65 Å². The van der Waals surface area contributed by atoms with Crippen molar-refractivity contribution < 1.29 is 0 Å². The van der Waals surface area contributed by atoms with Crippen LogP contribution in [0, 0.1) is 0 Å². The monoisotopic (exact) mass is 313 g/mol. The van der Waals surface area contributed by atoms with Gasteiger partial charge in [0.1, 0.15) is 11.3 Å². The van der Waals surface area contributed by atoms with E-state index in [0.29, 0.717) is 18.0 Å². The molecule has 0 saturated carbocycles. The van der Waals surface area contributed by atoms with Crippen molar-refractivity contribution in [3.8, 4) is 0 Å². The molecule has 0 amide bonds. The molecule has 2 aliphatic rings. The molecule has 1 atom stereocenters. The van der Waals surface area contributed by atoms with Crippen LogP contribution in [-0.2, 0) is 0 Å². The van der Waals surface area contributed by atoms with Gasteiger partial charge in [-0.15, -0.1) is 0 Å². The zero-order valence-corrected chi connectivity index (χ0v) is 14.2. The normalized spacial score (nSPS) is 24.0. The highest BCUT2D eigenvalue weighted by atomic mass is 15.3. The second-order valence-electron chi connectivity index (χ2n) is 7.24. The largest absolute Gasteiger partial charge is 0.317 e. The van der Waals surface area contributed by atoms with Crippen LogP contribution in [0.25, 0.3) is 11.2 Å². The first kappa shape index (κ1) is 15.1.